The number of ether oxygens (including phenoxy) is 1. The first-order valence-corrected chi connectivity index (χ1v) is 6.46. The standard InChI is InChI=1S/C12H21F3N2O2/c1-19-7-5-16-8-11(18)17(9-10-2-3-10)6-4-12(13,14)15/h10,16H,2-9H2,1H3. The second kappa shape index (κ2) is 7.69. The molecule has 19 heavy (non-hydrogen) atoms. The van der Waals surface area contributed by atoms with Crippen LogP contribution in [-0.4, -0.2) is 56.9 Å². The van der Waals surface area contributed by atoms with Gasteiger partial charge in [-0.2, -0.15) is 13.2 Å². The Morgan fingerprint density at radius 2 is 2.11 bits per heavy atom. The summed E-state index contributed by atoms with van der Waals surface area (Å²) in [6, 6.07) is 0. The van der Waals surface area contributed by atoms with Gasteiger partial charge in [-0.1, -0.05) is 0 Å². The summed E-state index contributed by atoms with van der Waals surface area (Å²) >= 11 is 0. The highest BCUT2D eigenvalue weighted by Crippen LogP contribution is 2.30. The highest BCUT2D eigenvalue weighted by Gasteiger charge is 2.31. The average molecular weight is 282 g/mol. The van der Waals surface area contributed by atoms with Crippen molar-refractivity contribution in [2.45, 2.75) is 25.4 Å². The van der Waals surface area contributed by atoms with E-state index in [9.17, 15) is 18.0 Å². The molecule has 0 aliphatic heterocycles. The van der Waals surface area contributed by atoms with E-state index in [2.05, 4.69) is 5.32 Å². The van der Waals surface area contributed by atoms with Gasteiger partial charge in [0.1, 0.15) is 0 Å². The van der Waals surface area contributed by atoms with Crippen molar-refractivity contribution in [1.29, 1.82) is 0 Å². The van der Waals surface area contributed by atoms with Crippen LogP contribution in [-0.2, 0) is 9.53 Å². The molecule has 0 heterocycles. The predicted molar refractivity (Wildman–Crippen MR) is 64.7 cm³/mol. The van der Waals surface area contributed by atoms with Crippen LogP contribution in [0.15, 0.2) is 0 Å². The summed E-state index contributed by atoms with van der Waals surface area (Å²) in [4.78, 5) is 13.2. The van der Waals surface area contributed by atoms with Gasteiger partial charge >= 0.3 is 6.18 Å². The minimum Gasteiger partial charge on any atom is -0.383 e. The Kier molecular flexibility index (Phi) is 6.57. The number of hydrogen-bond donors (Lipinski definition) is 1. The molecule has 0 radical (unpaired) electrons. The van der Waals surface area contributed by atoms with Gasteiger partial charge in [0.05, 0.1) is 19.6 Å². The van der Waals surface area contributed by atoms with Gasteiger partial charge in [0, 0.05) is 26.7 Å². The van der Waals surface area contributed by atoms with Crippen LogP contribution in [0, 0.1) is 5.92 Å². The SMILES string of the molecule is COCCNCC(=O)N(CCC(F)(F)F)CC1CC1. The smallest absolute Gasteiger partial charge is 0.383 e. The highest BCUT2D eigenvalue weighted by molar-refractivity contribution is 5.78. The number of alkyl halides is 3. The van der Waals surface area contributed by atoms with Crippen molar-refractivity contribution in [2.24, 2.45) is 5.92 Å². The van der Waals surface area contributed by atoms with Crippen molar-refractivity contribution < 1.29 is 22.7 Å². The maximum Gasteiger partial charge on any atom is 0.390 e. The average Bonchev–Trinajstić information content (AvgIpc) is 3.12. The fourth-order valence-electron chi connectivity index (χ4n) is 1.67. The number of carbonyl (C=O) groups is 1. The molecule has 4 nitrogen and oxygen atoms in total. The summed E-state index contributed by atoms with van der Waals surface area (Å²) in [5.74, 6) is 0.114. The molecule has 0 saturated heterocycles. The monoisotopic (exact) mass is 282 g/mol. The van der Waals surface area contributed by atoms with Gasteiger partial charge in [-0.05, 0) is 18.8 Å². The normalized spacial score (nSPS) is 15.6. The Morgan fingerprint density at radius 3 is 2.63 bits per heavy atom. The molecule has 112 valence electrons. The van der Waals surface area contributed by atoms with Gasteiger partial charge < -0.3 is 15.0 Å². The molecule has 1 rings (SSSR count). The van der Waals surface area contributed by atoms with Gasteiger partial charge in [-0.15, -0.1) is 0 Å². The molecule has 0 unspecified atom stereocenters. The maximum atomic E-state index is 12.2. The molecular formula is C12H21F3N2O2. The Hall–Kier alpha value is -0.820. The van der Waals surface area contributed by atoms with E-state index in [1.54, 1.807) is 7.11 Å². The number of rotatable bonds is 9. The molecule has 0 bridgehead atoms. The molecule has 1 saturated carbocycles. The molecule has 0 spiro atoms. The molecular weight excluding hydrogens is 261 g/mol. The molecule has 7 heteroatoms. The van der Waals surface area contributed by atoms with Crippen molar-refractivity contribution in [3.63, 3.8) is 0 Å². The highest BCUT2D eigenvalue weighted by atomic mass is 19.4. The lowest BCUT2D eigenvalue weighted by molar-refractivity contribution is -0.145. The van der Waals surface area contributed by atoms with Gasteiger partial charge in [0.25, 0.3) is 0 Å². The van der Waals surface area contributed by atoms with E-state index in [-0.39, 0.29) is 19.0 Å². The summed E-state index contributed by atoms with van der Waals surface area (Å²) in [5.41, 5.74) is 0. The fraction of sp³-hybridized carbons (Fsp3) is 0.917. The van der Waals surface area contributed by atoms with E-state index in [1.165, 1.54) is 4.90 Å². The summed E-state index contributed by atoms with van der Waals surface area (Å²) in [6.45, 7) is 1.25. The lowest BCUT2D eigenvalue weighted by Crippen LogP contribution is -2.41. The van der Waals surface area contributed by atoms with E-state index in [0.717, 1.165) is 12.8 Å². The number of methoxy groups -OCH3 is 1. The number of amides is 1. The summed E-state index contributed by atoms with van der Waals surface area (Å²) < 4.78 is 41.5. The van der Waals surface area contributed by atoms with Crippen LogP contribution in [0.25, 0.3) is 0 Å². The summed E-state index contributed by atoms with van der Waals surface area (Å²) in [6.07, 6.45) is -3.14. The second-order valence-electron chi connectivity index (χ2n) is 4.82. The van der Waals surface area contributed by atoms with Crippen LogP contribution in [0.2, 0.25) is 0 Å². The first-order valence-electron chi connectivity index (χ1n) is 6.46. The Morgan fingerprint density at radius 1 is 1.42 bits per heavy atom. The third-order valence-electron chi connectivity index (χ3n) is 2.95. The number of hydrogen-bond acceptors (Lipinski definition) is 3. The zero-order valence-corrected chi connectivity index (χ0v) is 11.1. The van der Waals surface area contributed by atoms with Crippen LogP contribution in [0.4, 0.5) is 13.2 Å². The lowest BCUT2D eigenvalue weighted by atomic mass is 10.3. The van der Waals surface area contributed by atoms with Crippen molar-refractivity contribution in [2.75, 3.05) is 39.9 Å². The van der Waals surface area contributed by atoms with Crippen LogP contribution in [0.3, 0.4) is 0 Å². The Balaban J connectivity index is 2.31. The van der Waals surface area contributed by atoms with Crippen molar-refractivity contribution in [3.05, 3.63) is 0 Å². The van der Waals surface area contributed by atoms with Crippen LogP contribution < -0.4 is 5.32 Å². The molecule has 1 amide bonds. The van der Waals surface area contributed by atoms with E-state index < -0.39 is 12.6 Å². The maximum absolute atomic E-state index is 12.2. The molecule has 0 aromatic rings. The van der Waals surface area contributed by atoms with Gasteiger partial charge in [0.15, 0.2) is 0 Å². The number of nitrogens with zero attached hydrogens (tertiary/aromatic N) is 1. The molecule has 1 aliphatic carbocycles. The largest absolute Gasteiger partial charge is 0.390 e. The first kappa shape index (κ1) is 16.2. The molecule has 0 atom stereocenters. The molecule has 1 aliphatic rings. The minimum atomic E-state index is -4.22. The van der Waals surface area contributed by atoms with E-state index >= 15 is 0 Å². The van der Waals surface area contributed by atoms with Gasteiger partial charge in [0.2, 0.25) is 5.91 Å². The molecule has 1 N–H and O–H groups in total. The number of nitrogens with one attached hydrogen (secondary N) is 1. The van der Waals surface area contributed by atoms with Crippen molar-refractivity contribution >= 4 is 5.91 Å². The van der Waals surface area contributed by atoms with Gasteiger partial charge in [-0.25, -0.2) is 0 Å². The number of carbonyl (C=O) groups excluding carboxylic acids is 1. The zero-order chi connectivity index (χ0) is 14.3. The van der Waals surface area contributed by atoms with Crippen LogP contribution in [0.1, 0.15) is 19.3 Å². The third-order valence-corrected chi connectivity index (χ3v) is 2.95. The van der Waals surface area contributed by atoms with Crippen molar-refractivity contribution in [1.82, 2.24) is 10.2 Å². The van der Waals surface area contributed by atoms with E-state index in [1.807, 2.05) is 0 Å². The zero-order valence-electron chi connectivity index (χ0n) is 11.1. The lowest BCUT2D eigenvalue weighted by Gasteiger charge is -2.23. The fourth-order valence-corrected chi connectivity index (χ4v) is 1.67. The van der Waals surface area contributed by atoms with E-state index in [4.69, 9.17) is 4.74 Å². The van der Waals surface area contributed by atoms with Crippen LogP contribution in [0.5, 0.6) is 0 Å². The molecule has 0 aromatic carbocycles. The number of halogens is 3. The minimum absolute atomic E-state index is 0.0634. The first-order chi connectivity index (χ1) is 8.92. The summed E-state index contributed by atoms with van der Waals surface area (Å²) in [7, 11) is 1.55. The predicted octanol–water partition coefficient (Wildman–Crippen LogP) is 1.41. The molecule has 0 aromatic heterocycles. The second-order valence-corrected chi connectivity index (χ2v) is 4.82. The Bertz CT molecular complexity index is 281. The topological polar surface area (TPSA) is 41.6 Å². The quantitative estimate of drug-likeness (QED) is 0.650. The van der Waals surface area contributed by atoms with Gasteiger partial charge in [-0.3, -0.25) is 4.79 Å². The molecule has 1 fully saturated rings. The van der Waals surface area contributed by atoms with Crippen LogP contribution >= 0.6 is 0 Å². The van der Waals surface area contributed by atoms with Crippen molar-refractivity contribution in [3.8, 4) is 0 Å². The Labute approximate surface area is 111 Å². The van der Waals surface area contributed by atoms with E-state index in [0.29, 0.717) is 25.6 Å². The third kappa shape index (κ3) is 8.05. The summed E-state index contributed by atoms with van der Waals surface area (Å²) in [5, 5.41) is 2.86.